The van der Waals surface area contributed by atoms with E-state index in [9.17, 15) is 4.79 Å². The Morgan fingerprint density at radius 1 is 1.03 bits per heavy atom. The third-order valence-corrected chi connectivity index (χ3v) is 6.60. The van der Waals surface area contributed by atoms with Crippen molar-refractivity contribution in [2.24, 2.45) is 18.9 Å². The number of aromatic nitrogens is 7. The molecule has 35 heavy (non-hydrogen) atoms. The van der Waals surface area contributed by atoms with Gasteiger partial charge in [-0.1, -0.05) is 23.4 Å². The van der Waals surface area contributed by atoms with Gasteiger partial charge in [0.05, 0.1) is 6.33 Å². The maximum absolute atomic E-state index is 12.1. The van der Waals surface area contributed by atoms with Crippen LogP contribution in [0.5, 0.6) is 0 Å². The first-order valence-corrected chi connectivity index (χ1v) is 11.5. The smallest absolute Gasteiger partial charge is 0.280 e. The number of rotatable bonds is 4. The second-order valence-corrected chi connectivity index (χ2v) is 8.99. The van der Waals surface area contributed by atoms with E-state index in [1.165, 1.54) is 53.5 Å². The lowest BCUT2D eigenvalue weighted by Crippen LogP contribution is -2.22. The largest absolute Gasteiger partial charge is 0.371 e. The second kappa shape index (κ2) is 8.79. The van der Waals surface area contributed by atoms with Crippen LogP contribution in [0.2, 0.25) is 0 Å². The van der Waals surface area contributed by atoms with Crippen molar-refractivity contribution in [3.63, 3.8) is 0 Å². The molecule has 1 saturated carbocycles. The van der Waals surface area contributed by atoms with E-state index in [4.69, 9.17) is 4.52 Å². The number of fused-ring (bicyclic) bond motifs is 2. The van der Waals surface area contributed by atoms with Gasteiger partial charge in [-0.15, -0.1) is 0 Å². The first kappa shape index (κ1) is 21.2. The summed E-state index contributed by atoms with van der Waals surface area (Å²) in [6.07, 6.45) is 9.47. The van der Waals surface area contributed by atoms with E-state index < -0.39 is 0 Å². The minimum Gasteiger partial charge on any atom is -0.371 e. The normalized spacial score (nSPS) is 18.3. The van der Waals surface area contributed by atoms with E-state index in [1.54, 1.807) is 17.9 Å². The number of aryl methyl sites for hydroxylation is 1. The Hall–Kier alpha value is -4.34. The number of anilines is 1. The van der Waals surface area contributed by atoms with E-state index in [2.05, 4.69) is 60.3 Å². The highest BCUT2D eigenvalue weighted by molar-refractivity contribution is 5.69. The predicted octanol–water partition coefficient (Wildman–Crippen LogP) is 2.77. The van der Waals surface area contributed by atoms with Gasteiger partial charge in [-0.25, -0.2) is 9.97 Å². The highest BCUT2D eigenvalue weighted by Gasteiger charge is 2.45. The molecule has 176 valence electrons. The van der Waals surface area contributed by atoms with Gasteiger partial charge in [-0.05, 0) is 42.0 Å². The zero-order chi connectivity index (χ0) is 23.8. The van der Waals surface area contributed by atoms with Crippen LogP contribution in [0.1, 0.15) is 12.3 Å². The molecule has 1 saturated heterocycles. The Morgan fingerprint density at radius 3 is 2.63 bits per heavy atom. The number of hydrogen-bond donors (Lipinski definition) is 0. The summed E-state index contributed by atoms with van der Waals surface area (Å²) >= 11 is 0. The Balaban J connectivity index is 0.000000131. The molecule has 0 radical (unpaired) electrons. The van der Waals surface area contributed by atoms with Crippen molar-refractivity contribution < 1.29 is 4.52 Å². The van der Waals surface area contributed by atoms with E-state index in [-0.39, 0.29) is 12.1 Å². The van der Waals surface area contributed by atoms with E-state index in [0.29, 0.717) is 17.1 Å². The van der Waals surface area contributed by atoms with Gasteiger partial charge in [-0.2, -0.15) is 4.98 Å². The fraction of sp³-hybridized carbons (Fsp3) is 0.280. The molecule has 0 spiro atoms. The first-order valence-electron chi connectivity index (χ1n) is 11.5. The molecule has 1 aromatic carbocycles. The SMILES string of the molecule is Cn1cnc2ncn(Cc3ncno3)c(=O)c21.c1cncc(-c2cccc(N3C[C@H]4C[C@H]4C3)c2)c1. The monoisotopic (exact) mass is 468 g/mol. The third-order valence-electron chi connectivity index (χ3n) is 6.60. The van der Waals surface area contributed by atoms with Gasteiger partial charge < -0.3 is 14.0 Å². The molecule has 2 aliphatic rings. The van der Waals surface area contributed by atoms with Gasteiger partial charge >= 0.3 is 0 Å². The topological polar surface area (TPSA) is 108 Å². The molecule has 10 heteroatoms. The van der Waals surface area contributed by atoms with Crippen molar-refractivity contribution in [3.8, 4) is 11.1 Å². The van der Waals surface area contributed by atoms with Crippen LogP contribution in [0.3, 0.4) is 0 Å². The number of benzene rings is 1. The predicted molar refractivity (Wildman–Crippen MR) is 130 cm³/mol. The van der Waals surface area contributed by atoms with Crippen LogP contribution in [-0.2, 0) is 13.6 Å². The summed E-state index contributed by atoms with van der Waals surface area (Å²) in [6.45, 7) is 2.70. The first-order chi connectivity index (χ1) is 17.2. The Bertz CT molecular complexity index is 1500. The standard InChI is InChI=1S/C16H16N2.C9H8N6O2/c1-3-12(13-4-2-6-17-9-13)8-16(5-1)18-10-14-7-15(14)11-18;1-14-4-11-8-7(14)9(16)15(5-12-8)2-6-10-3-13-17-6/h1-6,8-9,14-15H,7,10-11H2;3-5H,2H2,1H3/t14-,15+;. The molecule has 5 aromatic rings. The lowest BCUT2D eigenvalue weighted by molar-refractivity contribution is 0.368. The molecule has 0 amide bonds. The number of nitrogens with zero attached hydrogens (tertiary/aromatic N) is 8. The van der Waals surface area contributed by atoms with Crippen molar-refractivity contribution >= 4 is 16.9 Å². The van der Waals surface area contributed by atoms with Crippen LogP contribution in [0, 0.1) is 11.8 Å². The molecule has 2 atom stereocenters. The highest BCUT2D eigenvalue weighted by atomic mass is 16.5. The number of piperidine rings is 1. The van der Waals surface area contributed by atoms with E-state index in [1.807, 2.05) is 18.5 Å². The molecular weight excluding hydrogens is 444 g/mol. The Labute approximate surface area is 200 Å². The van der Waals surface area contributed by atoms with Crippen LogP contribution < -0.4 is 10.5 Å². The summed E-state index contributed by atoms with van der Waals surface area (Å²) < 4.78 is 7.88. The van der Waals surface area contributed by atoms with Crippen LogP contribution in [0.25, 0.3) is 22.3 Å². The third kappa shape index (κ3) is 4.30. The average molecular weight is 469 g/mol. The summed E-state index contributed by atoms with van der Waals surface area (Å²) in [5.41, 5.74) is 4.52. The lowest BCUT2D eigenvalue weighted by atomic mass is 10.1. The Kier molecular flexibility index (Phi) is 5.32. The number of imidazole rings is 1. The molecule has 0 N–H and O–H groups in total. The zero-order valence-corrected chi connectivity index (χ0v) is 19.2. The van der Waals surface area contributed by atoms with Crippen molar-refractivity contribution in [1.29, 1.82) is 0 Å². The number of hydrogen-bond acceptors (Lipinski definition) is 8. The minimum atomic E-state index is -0.187. The van der Waals surface area contributed by atoms with Gasteiger partial charge in [0.1, 0.15) is 12.9 Å². The molecule has 10 nitrogen and oxygen atoms in total. The van der Waals surface area contributed by atoms with Crippen LogP contribution in [-0.4, -0.2) is 47.3 Å². The minimum absolute atomic E-state index is 0.187. The fourth-order valence-corrected chi connectivity index (χ4v) is 4.62. The summed E-state index contributed by atoms with van der Waals surface area (Å²) in [4.78, 5) is 30.8. The zero-order valence-electron chi connectivity index (χ0n) is 19.2. The summed E-state index contributed by atoms with van der Waals surface area (Å²) in [6, 6.07) is 13.0. The lowest BCUT2D eigenvalue weighted by Gasteiger charge is -2.20. The number of pyridine rings is 1. The van der Waals surface area contributed by atoms with Gasteiger partial charge in [0, 0.05) is 43.8 Å². The van der Waals surface area contributed by atoms with Gasteiger partial charge in [0.25, 0.3) is 5.56 Å². The summed E-state index contributed by atoms with van der Waals surface area (Å²) in [5.74, 6) is 2.31. The maximum atomic E-state index is 12.1. The average Bonchev–Trinajstić information content (AvgIpc) is 3.27. The van der Waals surface area contributed by atoms with Gasteiger partial charge in [-0.3, -0.25) is 14.3 Å². The maximum Gasteiger partial charge on any atom is 0.280 e. The second-order valence-electron chi connectivity index (χ2n) is 8.99. The molecule has 4 aromatic heterocycles. The Morgan fingerprint density at radius 2 is 1.86 bits per heavy atom. The quantitative estimate of drug-likeness (QED) is 0.396. The molecule has 0 bridgehead atoms. The summed E-state index contributed by atoms with van der Waals surface area (Å²) in [7, 11) is 1.75. The highest BCUT2D eigenvalue weighted by Crippen LogP contribution is 2.46. The van der Waals surface area contributed by atoms with Crippen LogP contribution >= 0.6 is 0 Å². The molecule has 1 aliphatic carbocycles. The molecule has 0 unspecified atom stereocenters. The summed E-state index contributed by atoms with van der Waals surface area (Å²) in [5, 5.41) is 3.48. The van der Waals surface area contributed by atoms with Crippen molar-refractivity contribution in [3.05, 3.63) is 84.0 Å². The molecule has 2 fully saturated rings. The van der Waals surface area contributed by atoms with Crippen molar-refractivity contribution in [2.45, 2.75) is 13.0 Å². The van der Waals surface area contributed by atoms with Crippen molar-refractivity contribution in [2.75, 3.05) is 18.0 Å². The van der Waals surface area contributed by atoms with E-state index in [0.717, 1.165) is 11.8 Å². The fourth-order valence-electron chi connectivity index (χ4n) is 4.62. The van der Waals surface area contributed by atoms with Crippen LogP contribution in [0.4, 0.5) is 5.69 Å². The van der Waals surface area contributed by atoms with Gasteiger partial charge in [0.2, 0.25) is 5.89 Å². The molecule has 1 aliphatic heterocycles. The van der Waals surface area contributed by atoms with Gasteiger partial charge in [0.15, 0.2) is 17.5 Å². The van der Waals surface area contributed by atoms with Crippen LogP contribution in [0.15, 0.2) is 77.1 Å². The molecular formula is C25H24N8O2. The molecule has 7 rings (SSSR count). The van der Waals surface area contributed by atoms with E-state index >= 15 is 0 Å². The molecule has 5 heterocycles. The van der Waals surface area contributed by atoms with Crippen molar-refractivity contribution in [1.82, 2.24) is 34.2 Å².